The van der Waals surface area contributed by atoms with Gasteiger partial charge in [-0.05, 0) is 42.8 Å². The normalized spacial score (nSPS) is 10.6. The molecule has 3 rings (SSSR count). The quantitative estimate of drug-likeness (QED) is 0.676. The Morgan fingerprint density at radius 1 is 1.25 bits per heavy atom. The van der Waals surface area contributed by atoms with E-state index in [2.05, 4.69) is 10.3 Å². The van der Waals surface area contributed by atoms with E-state index in [1.807, 2.05) is 0 Å². The fraction of sp³-hybridized carbons (Fsp3) is 0.118. The molecular formula is C17H13ClFN3O2. The highest BCUT2D eigenvalue weighted by Gasteiger charge is 2.19. The van der Waals surface area contributed by atoms with Crippen LogP contribution in [0.15, 0.2) is 48.5 Å². The number of esters is 1. The van der Waals surface area contributed by atoms with Crippen LogP contribution >= 0.6 is 11.6 Å². The molecule has 0 saturated carbocycles. The monoisotopic (exact) mass is 345 g/mol. The molecule has 0 spiro atoms. The molecule has 0 radical (unpaired) electrons. The minimum absolute atomic E-state index is 0.0751. The van der Waals surface area contributed by atoms with Gasteiger partial charge in [-0.3, -0.25) is 0 Å². The van der Waals surface area contributed by atoms with Gasteiger partial charge in [-0.1, -0.05) is 35.0 Å². The molecule has 3 aromatic rings. The van der Waals surface area contributed by atoms with Crippen LogP contribution in [0.1, 0.15) is 21.7 Å². The number of hydrogen-bond donors (Lipinski definition) is 0. The number of nitrogens with zero attached hydrogens (tertiary/aromatic N) is 3. The summed E-state index contributed by atoms with van der Waals surface area (Å²) in [5.41, 5.74) is 1.80. The highest BCUT2D eigenvalue weighted by Crippen LogP contribution is 2.16. The third kappa shape index (κ3) is 3.44. The van der Waals surface area contributed by atoms with Gasteiger partial charge in [0.1, 0.15) is 12.4 Å². The molecule has 0 unspecified atom stereocenters. The van der Waals surface area contributed by atoms with Gasteiger partial charge in [0, 0.05) is 5.02 Å². The minimum Gasteiger partial charge on any atom is -0.456 e. The van der Waals surface area contributed by atoms with E-state index < -0.39 is 11.8 Å². The van der Waals surface area contributed by atoms with Crippen molar-refractivity contribution in [3.8, 4) is 5.69 Å². The summed E-state index contributed by atoms with van der Waals surface area (Å²) < 4.78 is 20.0. The second-order valence-corrected chi connectivity index (χ2v) is 5.56. The molecular weight excluding hydrogens is 333 g/mol. The maximum atomic E-state index is 13.3. The molecule has 2 aromatic carbocycles. The lowest BCUT2D eigenvalue weighted by Gasteiger charge is -2.05. The van der Waals surface area contributed by atoms with Crippen LogP contribution in [0.3, 0.4) is 0 Å². The summed E-state index contributed by atoms with van der Waals surface area (Å²) in [4.78, 5) is 12.2. The van der Waals surface area contributed by atoms with E-state index in [1.165, 1.54) is 16.8 Å². The Labute approximate surface area is 142 Å². The van der Waals surface area contributed by atoms with Crippen molar-refractivity contribution in [1.82, 2.24) is 15.0 Å². The zero-order chi connectivity index (χ0) is 17.1. The number of hydrogen-bond acceptors (Lipinski definition) is 4. The van der Waals surface area contributed by atoms with E-state index in [-0.39, 0.29) is 12.3 Å². The second-order valence-electron chi connectivity index (χ2n) is 5.12. The predicted molar refractivity (Wildman–Crippen MR) is 86.6 cm³/mol. The standard InChI is InChI=1S/C17H13ClFN3O2/c1-11-16(17(23)24-10-12-4-2-5-13(18)8-12)20-21-22(11)15-7-3-6-14(19)9-15/h2-9H,10H2,1H3. The minimum atomic E-state index is -0.602. The summed E-state index contributed by atoms with van der Waals surface area (Å²) in [5, 5.41) is 8.30. The Morgan fingerprint density at radius 3 is 2.79 bits per heavy atom. The second kappa shape index (κ2) is 6.80. The fourth-order valence-electron chi connectivity index (χ4n) is 2.21. The molecule has 7 heteroatoms. The van der Waals surface area contributed by atoms with Gasteiger partial charge in [-0.2, -0.15) is 0 Å². The van der Waals surface area contributed by atoms with E-state index in [0.717, 1.165) is 5.56 Å². The predicted octanol–water partition coefficient (Wildman–Crippen LogP) is 3.73. The Balaban J connectivity index is 1.76. The summed E-state index contributed by atoms with van der Waals surface area (Å²) in [6, 6.07) is 12.9. The third-order valence-corrected chi connectivity index (χ3v) is 3.63. The van der Waals surface area contributed by atoms with Gasteiger partial charge in [-0.15, -0.1) is 5.10 Å². The largest absolute Gasteiger partial charge is 0.456 e. The highest BCUT2D eigenvalue weighted by atomic mass is 35.5. The molecule has 0 amide bonds. The summed E-state index contributed by atoms with van der Waals surface area (Å²) in [6.45, 7) is 1.74. The third-order valence-electron chi connectivity index (χ3n) is 3.40. The Bertz CT molecular complexity index is 895. The molecule has 5 nitrogen and oxygen atoms in total. The van der Waals surface area contributed by atoms with Gasteiger partial charge in [0.05, 0.1) is 11.4 Å². The van der Waals surface area contributed by atoms with Crippen molar-refractivity contribution in [1.29, 1.82) is 0 Å². The van der Waals surface area contributed by atoms with Crippen molar-refractivity contribution in [2.75, 3.05) is 0 Å². The summed E-state index contributed by atoms with van der Waals surface area (Å²) in [6.07, 6.45) is 0. The number of carbonyl (C=O) groups excluding carboxylic acids is 1. The van der Waals surface area contributed by atoms with Gasteiger partial charge in [0.2, 0.25) is 0 Å². The maximum Gasteiger partial charge on any atom is 0.361 e. The Kier molecular flexibility index (Phi) is 4.57. The molecule has 24 heavy (non-hydrogen) atoms. The van der Waals surface area contributed by atoms with Crippen LogP contribution in [0.4, 0.5) is 4.39 Å². The lowest BCUT2D eigenvalue weighted by Crippen LogP contribution is -2.08. The number of benzene rings is 2. The van der Waals surface area contributed by atoms with Crippen molar-refractivity contribution in [3.05, 3.63) is 76.3 Å². The smallest absolute Gasteiger partial charge is 0.361 e. The van der Waals surface area contributed by atoms with Crippen LogP contribution in [0.25, 0.3) is 5.69 Å². The molecule has 1 heterocycles. The number of halogens is 2. The summed E-state index contributed by atoms with van der Waals surface area (Å²) in [7, 11) is 0. The topological polar surface area (TPSA) is 57.0 Å². The maximum absolute atomic E-state index is 13.3. The molecule has 0 N–H and O–H groups in total. The molecule has 0 atom stereocenters. The fourth-order valence-corrected chi connectivity index (χ4v) is 2.43. The first-order chi connectivity index (χ1) is 11.5. The van der Waals surface area contributed by atoms with Gasteiger partial charge < -0.3 is 4.74 Å². The van der Waals surface area contributed by atoms with Crippen LogP contribution in [-0.4, -0.2) is 21.0 Å². The van der Waals surface area contributed by atoms with Gasteiger partial charge in [0.15, 0.2) is 5.69 Å². The Hall–Kier alpha value is -2.73. The van der Waals surface area contributed by atoms with Crippen LogP contribution < -0.4 is 0 Å². The van der Waals surface area contributed by atoms with Crippen molar-refractivity contribution < 1.29 is 13.9 Å². The van der Waals surface area contributed by atoms with E-state index in [0.29, 0.717) is 16.4 Å². The van der Waals surface area contributed by atoms with E-state index in [9.17, 15) is 9.18 Å². The average molecular weight is 346 g/mol. The zero-order valence-corrected chi connectivity index (χ0v) is 13.5. The van der Waals surface area contributed by atoms with Gasteiger partial charge in [-0.25, -0.2) is 13.9 Å². The summed E-state index contributed by atoms with van der Waals surface area (Å²) >= 11 is 5.89. The lowest BCUT2D eigenvalue weighted by molar-refractivity contribution is 0.0464. The molecule has 122 valence electrons. The van der Waals surface area contributed by atoms with Crippen LogP contribution in [-0.2, 0) is 11.3 Å². The van der Waals surface area contributed by atoms with Crippen molar-refractivity contribution in [2.24, 2.45) is 0 Å². The molecule has 0 bridgehead atoms. The lowest BCUT2D eigenvalue weighted by atomic mass is 10.2. The highest BCUT2D eigenvalue weighted by molar-refractivity contribution is 6.30. The number of carbonyl (C=O) groups is 1. The molecule has 0 aliphatic rings. The molecule has 0 aliphatic carbocycles. The van der Waals surface area contributed by atoms with E-state index in [4.69, 9.17) is 16.3 Å². The van der Waals surface area contributed by atoms with Crippen molar-refractivity contribution >= 4 is 17.6 Å². The molecule has 0 saturated heterocycles. The first-order valence-electron chi connectivity index (χ1n) is 7.14. The molecule has 1 aromatic heterocycles. The van der Waals surface area contributed by atoms with E-state index in [1.54, 1.807) is 43.3 Å². The number of ether oxygens (including phenoxy) is 1. The molecule has 0 aliphatic heterocycles. The van der Waals surface area contributed by atoms with Crippen LogP contribution in [0, 0.1) is 12.7 Å². The first kappa shape index (κ1) is 16.1. The van der Waals surface area contributed by atoms with Crippen molar-refractivity contribution in [2.45, 2.75) is 13.5 Å². The van der Waals surface area contributed by atoms with Gasteiger partial charge in [0.25, 0.3) is 0 Å². The molecule has 0 fully saturated rings. The number of aromatic nitrogens is 3. The van der Waals surface area contributed by atoms with Gasteiger partial charge >= 0.3 is 5.97 Å². The van der Waals surface area contributed by atoms with E-state index >= 15 is 0 Å². The van der Waals surface area contributed by atoms with Crippen LogP contribution in [0.5, 0.6) is 0 Å². The first-order valence-corrected chi connectivity index (χ1v) is 7.52. The van der Waals surface area contributed by atoms with Crippen LogP contribution in [0.2, 0.25) is 5.02 Å². The average Bonchev–Trinajstić information content (AvgIpc) is 2.94. The Morgan fingerprint density at radius 2 is 2.04 bits per heavy atom. The zero-order valence-electron chi connectivity index (χ0n) is 12.7. The number of rotatable bonds is 4. The summed E-state index contributed by atoms with van der Waals surface area (Å²) in [5.74, 6) is -0.998. The SMILES string of the molecule is Cc1c(C(=O)OCc2cccc(Cl)c2)nnn1-c1cccc(F)c1. The van der Waals surface area contributed by atoms with Crippen molar-refractivity contribution in [3.63, 3.8) is 0 Å².